The topological polar surface area (TPSA) is 39.3 Å². The minimum atomic E-state index is 0.134. The fourth-order valence-corrected chi connectivity index (χ4v) is 3.73. The van der Waals surface area contributed by atoms with Gasteiger partial charge >= 0.3 is 0 Å². The Morgan fingerprint density at radius 1 is 1.42 bits per heavy atom. The molecule has 4 nitrogen and oxygen atoms in total. The Labute approximate surface area is 115 Å². The summed E-state index contributed by atoms with van der Waals surface area (Å²) in [4.78, 5) is 21.2. The maximum absolute atomic E-state index is 12.5. The third-order valence-corrected chi connectivity index (χ3v) is 4.84. The molecule has 4 heterocycles. The quantitative estimate of drug-likeness (QED) is 0.865. The molecule has 0 spiro atoms. The second-order valence-corrected chi connectivity index (χ2v) is 6.07. The zero-order chi connectivity index (χ0) is 12.8. The van der Waals surface area contributed by atoms with Gasteiger partial charge in [0.05, 0.1) is 0 Å². The Morgan fingerprint density at radius 3 is 3.26 bits per heavy atom. The molecule has 98 valence electrons. The molecule has 2 aromatic rings. The first kappa shape index (κ1) is 11.1. The van der Waals surface area contributed by atoms with Crippen LogP contribution in [0.25, 0.3) is 10.2 Å². The van der Waals surface area contributed by atoms with E-state index in [1.165, 1.54) is 0 Å². The van der Waals surface area contributed by atoms with Crippen LogP contribution < -0.4 is 0 Å². The summed E-state index contributed by atoms with van der Waals surface area (Å²) in [7, 11) is 0. The van der Waals surface area contributed by atoms with Gasteiger partial charge in [-0.1, -0.05) is 6.08 Å². The van der Waals surface area contributed by atoms with E-state index < -0.39 is 0 Å². The van der Waals surface area contributed by atoms with E-state index in [-0.39, 0.29) is 5.91 Å². The van der Waals surface area contributed by atoms with Crippen LogP contribution in [0.5, 0.6) is 0 Å². The lowest BCUT2D eigenvalue weighted by Crippen LogP contribution is -2.51. The van der Waals surface area contributed by atoms with Gasteiger partial charge in [-0.15, -0.1) is 11.3 Å². The standard InChI is InChI=1S/C14H15N3OS/c18-14(12-8-10-3-7-19-13(10)15-12)17-6-5-16-4-1-2-11(16)9-17/h1,3-4,7-8,11,15H,2,5-6,9H2. The number of nitrogens with one attached hydrogen (secondary N) is 1. The third-order valence-electron chi connectivity index (χ3n) is 3.99. The molecular formula is C14H15N3OS. The number of aromatic amines is 1. The number of hydrogen-bond donors (Lipinski definition) is 1. The van der Waals surface area contributed by atoms with E-state index in [0.717, 1.165) is 42.0 Å². The summed E-state index contributed by atoms with van der Waals surface area (Å²) in [6.45, 7) is 2.59. The summed E-state index contributed by atoms with van der Waals surface area (Å²) >= 11 is 1.64. The number of hydrogen-bond acceptors (Lipinski definition) is 3. The highest BCUT2D eigenvalue weighted by atomic mass is 32.1. The van der Waals surface area contributed by atoms with Gasteiger partial charge < -0.3 is 14.8 Å². The largest absolute Gasteiger partial charge is 0.371 e. The number of carbonyl (C=O) groups is 1. The summed E-state index contributed by atoms with van der Waals surface area (Å²) in [6, 6.07) is 4.49. The lowest BCUT2D eigenvalue weighted by atomic mass is 10.1. The molecule has 1 atom stereocenters. The maximum atomic E-state index is 12.5. The Bertz CT molecular complexity index is 628. The Balaban J connectivity index is 1.55. The van der Waals surface area contributed by atoms with Crippen molar-refractivity contribution in [1.29, 1.82) is 0 Å². The van der Waals surface area contributed by atoms with Crippen LogP contribution in [0.2, 0.25) is 0 Å². The van der Waals surface area contributed by atoms with Gasteiger partial charge in [-0.2, -0.15) is 0 Å². The van der Waals surface area contributed by atoms with E-state index in [1.54, 1.807) is 11.3 Å². The molecule has 2 aliphatic heterocycles. The molecule has 1 N–H and O–H groups in total. The highest BCUT2D eigenvalue weighted by Gasteiger charge is 2.30. The average Bonchev–Trinajstić information content (AvgIpc) is 3.11. The molecule has 0 aromatic carbocycles. The van der Waals surface area contributed by atoms with Crippen LogP contribution >= 0.6 is 11.3 Å². The number of nitrogens with zero attached hydrogens (tertiary/aromatic N) is 2. The highest BCUT2D eigenvalue weighted by molar-refractivity contribution is 7.16. The summed E-state index contributed by atoms with van der Waals surface area (Å²) in [5.74, 6) is 0.134. The van der Waals surface area contributed by atoms with Crippen LogP contribution in [0.3, 0.4) is 0 Å². The number of fused-ring (bicyclic) bond motifs is 2. The Morgan fingerprint density at radius 2 is 2.37 bits per heavy atom. The Kier molecular flexibility index (Phi) is 2.41. The number of H-pyrrole nitrogens is 1. The summed E-state index contributed by atoms with van der Waals surface area (Å²) in [5, 5.41) is 3.17. The van der Waals surface area contributed by atoms with Crippen LogP contribution in [-0.4, -0.2) is 46.4 Å². The van der Waals surface area contributed by atoms with Crippen molar-refractivity contribution >= 4 is 27.5 Å². The van der Waals surface area contributed by atoms with Crippen molar-refractivity contribution < 1.29 is 4.79 Å². The average molecular weight is 273 g/mol. The SMILES string of the molecule is O=C(c1cc2ccsc2[nH]1)N1CCN2C=CCC2C1. The predicted molar refractivity (Wildman–Crippen MR) is 76.3 cm³/mol. The fourth-order valence-electron chi connectivity index (χ4n) is 2.95. The Hall–Kier alpha value is -1.75. The molecule has 4 rings (SSSR count). The minimum absolute atomic E-state index is 0.134. The van der Waals surface area contributed by atoms with Crippen molar-refractivity contribution in [3.8, 4) is 0 Å². The lowest BCUT2D eigenvalue weighted by molar-refractivity contribution is 0.0603. The zero-order valence-electron chi connectivity index (χ0n) is 10.5. The second kappa shape index (κ2) is 4.13. The summed E-state index contributed by atoms with van der Waals surface area (Å²) < 4.78 is 0. The second-order valence-electron chi connectivity index (χ2n) is 5.15. The molecule has 0 bridgehead atoms. The molecule has 1 unspecified atom stereocenters. The van der Waals surface area contributed by atoms with Gasteiger partial charge in [0.25, 0.3) is 5.91 Å². The van der Waals surface area contributed by atoms with E-state index in [2.05, 4.69) is 22.2 Å². The molecule has 1 saturated heterocycles. The van der Waals surface area contributed by atoms with E-state index >= 15 is 0 Å². The number of carbonyl (C=O) groups excluding carboxylic acids is 1. The number of aromatic nitrogens is 1. The highest BCUT2D eigenvalue weighted by Crippen LogP contribution is 2.24. The van der Waals surface area contributed by atoms with Crippen LogP contribution in [0.1, 0.15) is 16.9 Å². The van der Waals surface area contributed by atoms with E-state index in [0.29, 0.717) is 6.04 Å². The molecule has 1 amide bonds. The number of thiophene rings is 1. The first-order chi connectivity index (χ1) is 9.31. The smallest absolute Gasteiger partial charge is 0.270 e. The molecule has 0 aliphatic carbocycles. The third kappa shape index (κ3) is 1.76. The van der Waals surface area contributed by atoms with Gasteiger partial charge in [0.1, 0.15) is 10.5 Å². The maximum Gasteiger partial charge on any atom is 0.270 e. The van der Waals surface area contributed by atoms with Crippen molar-refractivity contribution in [2.45, 2.75) is 12.5 Å². The van der Waals surface area contributed by atoms with Gasteiger partial charge in [0.15, 0.2) is 0 Å². The van der Waals surface area contributed by atoms with E-state index in [9.17, 15) is 4.79 Å². The van der Waals surface area contributed by atoms with Crippen molar-refractivity contribution in [3.05, 3.63) is 35.5 Å². The van der Waals surface area contributed by atoms with Crippen LogP contribution in [-0.2, 0) is 0 Å². The van der Waals surface area contributed by atoms with Crippen molar-refractivity contribution in [1.82, 2.24) is 14.8 Å². The summed E-state index contributed by atoms with van der Waals surface area (Å²) in [6.07, 6.45) is 5.42. The molecule has 0 saturated carbocycles. The predicted octanol–water partition coefficient (Wildman–Crippen LogP) is 2.27. The van der Waals surface area contributed by atoms with Gasteiger partial charge in [0.2, 0.25) is 0 Å². The van der Waals surface area contributed by atoms with Crippen molar-refractivity contribution in [3.63, 3.8) is 0 Å². The first-order valence-electron chi connectivity index (χ1n) is 6.59. The fraction of sp³-hybridized carbons (Fsp3) is 0.357. The van der Waals surface area contributed by atoms with Gasteiger partial charge in [0, 0.05) is 31.1 Å². The number of piperazine rings is 1. The van der Waals surface area contributed by atoms with Crippen LogP contribution in [0, 0.1) is 0 Å². The van der Waals surface area contributed by atoms with Gasteiger partial charge in [-0.05, 0) is 30.1 Å². The zero-order valence-corrected chi connectivity index (χ0v) is 11.3. The van der Waals surface area contributed by atoms with E-state index in [4.69, 9.17) is 0 Å². The van der Waals surface area contributed by atoms with Gasteiger partial charge in [-0.3, -0.25) is 4.79 Å². The molecule has 5 heteroatoms. The number of rotatable bonds is 1. The van der Waals surface area contributed by atoms with Crippen LogP contribution in [0.15, 0.2) is 29.8 Å². The molecule has 2 aliphatic rings. The van der Waals surface area contributed by atoms with Crippen molar-refractivity contribution in [2.24, 2.45) is 0 Å². The van der Waals surface area contributed by atoms with Gasteiger partial charge in [-0.25, -0.2) is 0 Å². The summed E-state index contributed by atoms with van der Waals surface area (Å²) in [5.41, 5.74) is 0.723. The normalized spacial score (nSPS) is 22.2. The van der Waals surface area contributed by atoms with E-state index in [1.807, 2.05) is 22.4 Å². The minimum Gasteiger partial charge on any atom is -0.371 e. The molecule has 0 radical (unpaired) electrons. The molecular weight excluding hydrogens is 258 g/mol. The number of amides is 1. The molecule has 19 heavy (non-hydrogen) atoms. The van der Waals surface area contributed by atoms with Crippen LogP contribution in [0.4, 0.5) is 0 Å². The monoisotopic (exact) mass is 273 g/mol. The lowest BCUT2D eigenvalue weighted by Gasteiger charge is -2.38. The van der Waals surface area contributed by atoms with Crippen molar-refractivity contribution in [2.75, 3.05) is 19.6 Å². The molecule has 2 aromatic heterocycles. The molecule has 1 fully saturated rings. The first-order valence-corrected chi connectivity index (χ1v) is 7.47.